The Morgan fingerprint density at radius 1 is 1.08 bits per heavy atom. The van der Waals surface area contributed by atoms with E-state index in [0.717, 1.165) is 18.6 Å². The third-order valence-electron chi connectivity index (χ3n) is 5.04. The van der Waals surface area contributed by atoms with Crippen LogP contribution in [0.2, 0.25) is 0 Å². The number of carbonyl (C=O) groups excluding carboxylic acids is 1. The van der Waals surface area contributed by atoms with E-state index in [2.05, 4.69) is 53.7 Å². The normalized spacial score (nSPS) is 11.8. The van der Waals surface area contributed by atoms with Gasteiger partial charge < -0.3 is 14.6 Å². The molecule has 0 aliphatic carbocycles. The van der Waals surface area contributed by atoms with Gasteiger partial charge in [0.25, 0.3) is 0 Å². The summed E-state index contributed by atoms with van der Waals surface area (Å²) in [5, 5.41) is 10.5. The van der Waals surface area contributed by atoms with Gasteiger partial charge in [0.1, 0.15) is 5.75 Å². The van der Waals surface area contributed by atoms with Crippen LogP contribution in [0.5, 0.6) is 5.75 Å². The summed E-state index contributed by atoms with van der Waals surface area (Å²) < 4.78 is 5.89. The molecule has 24 heavy (non-hydrogen) atoms. The number of benzene rings is 1. The van der Waals surface area contributed by atoms with Gasteiger partial charge in [-0.3, -0.25) is 0 Å². The van der Waals surface area contributed by atoms with Crippen molar-refractivity contribution in [3.8, 4) is 5.75 Å². The molecular weight excluding hydrogens is 311 g/mol. The molecule has 0 aliphatic heterocycles. The topological polar surface area (TPSA) is 49.4 Å². The van der Waals surface area contributed by atoms with Crippen molar-refractivity contribution in [1.82, 2.24) is 0 Å². The van der Waals surface area contributed by atoms with Gasteiger partial charge in [-0.05, 0) is 48.1 Å². The second-order valence-corrected chi connectivity index (χ2v) is 7.51. The Labute approximate surface area is 169 Å². The van der Waals surface area contributed by atoms with Crippen LogP contribution in [0, 0.1) is 0 Å². The Kier molecular flexibility index (Phi) is 9.63. The van der Waals surface area contributed by atoms with Crippen LogP contribution in [0.4, 0.5) is 0 Å². The number of hydrogen-bond acceptors (Lipinski definition) is 3. The first-order valence-electron chi connectivity index (χ1n) is 8.61. The van der Waals surface area contributed by atoms with Crippen LogP contribution in [0.15, 0.2) is 18.2 Å². The Bertz CT molecular complexity index is 536. The Morgan fingerprint density at radius 3 is 2.17 bits per heavy atom. The molecule has 0 saturated carbocycles. The summed E-state index contributed by atoms with van der Waals surface area (Å²) in [5.74, 6) is -0.159. The third-order valence-corrected chi connectivity index (χ3v) is 5.04. The fraction of sp³-hybridized carbons (Fsp3) is 0.650. The Balaban J connectivity index is 0.00000529. The predicted molar refractivity (Wildman–Crippen MR) is 92.8 cm³/mol. The van der Waals surface area contributed by atoms with Crippen molar-refractivity contribution in [2.75, 3.05) is 6.61 Å². The number of aliphatic carboxylic acids is 1. The average Bonchev–Trinajstić information content (AvgIpc) is 2.51. The van der Waals surface area contributed by atoms with Gasteiger partial charge in [0.15, 0.2) is 0 Å². The fourth-order valence-corrected chi connectivity index (χ4v) is 2.40. The largest absolute Gasteiger partial charge is 1.00 e. The number of carbonyl (C=O) groups is 1. The van der Waals surface area contributed by atoms with Gasteiger partial charge in [0, 0.05) is 11.5 Å². The summed E-state index contributed by atoms with van der Waals surface area (Å²) >= 11 is 0. The summed E-state index contributed by atoms with van der Waals surface area (Å²) in [6.45, 7) is 13.7. The van der Waals surface area contributed by atoms with Crippen LogP contribution in [-0.2, 0) is 15.6 Å². The van der Waals surface area contributed by atoms with E-state index in [1.54, 1.807) is 0 Å². The Hall–Kier alpha value is -0.510. The van der Waals surface area contributed by atoms with Crippen molar-refractivity contribution in [1.29, 1.82) is 0 Å². The first-order chi connectivity index (χ1) is 10.6. The molecule has 1 aromatic carbocycles. The monoisotopic (exact) mass is 342 g/mol. The number of carboxylic acids is 1. The van der Waals surface area contributed by atoms with E-state index in [1.165, 1.54) is 11.1 Å². The van der Waals surface area contributed by atoms with Crippen LogP contribution < -0.4 is 39.4 Å². The first kappa shape index (κ1) is 23.5. The van der Waals surface area contributed by atoms with Gasteiger partial charge in [-0.15, -0.1) is 0 Å². The molecule has 0 unspecified atom stereocenters. The average molecular weight is 342 g/mol. The first-order valence-corrected chi connectivity index (χ1v) is 8.61. The van der Waals surface area contributed by atoms with Crippen LogP contribution in [0.25, 0.3) is 0 Å². The van der Waals surface area contributed by atoms with E-state index < -0.39 is 5.97 Å². The zero-order valence-electron chi connectivity index (χ0n) is 16.5. The molecule has 1 aromatic rings. The maximum Gasteiger partial charge on any atom is 1.00 e. The molecule has 0 spiro atoms. The van der Waals surface area contributed by atoms with E-state index in [0.29, 0.717) is 13.0 Å². The zero-order chi connectivity index (χ0) is 17.7. The van der Waals surface area contributed by atoms with Crippen LogP contribution in [0.3, 0.4) is 0 Å². The molecule has 3 nitrogen and oxygen atoms in total. The predicted octanol–water partition coefficient (Wildman–Crippen LogP) is 0.975. The molecule has 4 heteroatoms. The van der Waals surface area contributed by atoms with E-state index in [1.807, 2.05) is 6.07 Å². The molecule has 0 amide bonds. The smallest absolute Gasteiger partial charge is 0.550 e. The molecular formula is C20H31NaO3. The molecule has 0 aliphatic rings. The van der Waals surface area contributed by atoms with Crippen LogP contribution >= 0.6 is 0 Å². The summed E-state index contributed by atoms with van der Waals surface area (Å²) in [6.07, 6.45) is 2.59. The number of ether oxygens (including phenoxy) is 1. The summed E-state index contributed by atoms with van der Waals surface area (Å²) in [5.41, 5.74) is 2.67. The number of hydrogen-bond donors (Lipinski definition) is 0. The van der Waals surface area contributed by atoms with E-state index in [4.69, 9.17) is 4.74 Å². The molecule has 0 heterocycles. The van der Waals surface area contributed by atoms with E-state index >= 15 is 0 Å². The minimum Gasteiger partial charge on any atom is -0.550 e. The SMILES string of the molecule is CCC(C)(C)c1ccc(OCCCC(=O)[O-])c(C(C)(C)CC)c1.[Na+]. The molecule has 0 N–H and O–H groups in total. The number of carboxylic acid groups (broad SMARTS) is 1. The molecule has 130 valence electrons. The van der Waals surface area contributed by atoms with Crippen molar-refractivity contribution in [3.63, 3.8) is 0 Å². The van der Waals surface area contributed by atoms with Crippen molar-refractivity contribution < 1.29 is 44.2 Å². The molecule has 0 radical (unpaired) electrons. The van der Waals surface area contributed by atoms with E-state index in [-0.39, 0.29) is 46.8 Å². The molecule has 0 saturated heterocycles. The van der Waals surface area contributed by atoms with Crippen molar-refractivity contribution in [2.24, 2.45) is 0 Å². The molecule has 0 atom stereocenters. The van der Waals surface area contributed by atoms with E-state index in [9.17, 15) is 9.90 Å². The second kappa shape index (κ2) is 9.84. The molecule has 0 aromatic heterocycles. The zero-order valence-corrected chi connectivity index (χ0v) is 18.5. The summed E-state index contributed by atoms with van der Waals surface area (Å²) in [6, 6.07) is 6.44. The Morgan fingerprint density at radius 2 is 1.67 bits per heavy atom. The van der Waals surface area contributed by atoms with Crippen molar-refractivity contribution in [2.45, 2.75) is 78.1 Å². The maximum atomic E-state index is 10.5. The standard InChI is InChI=1S/C20H32O3.Na/c1-7-19(3,4)15-11-12-17(23-13-9-10-18(21)22)16(14-15)20(5,6)8-2;/h11-12,14H,7-10,13H2,1-6H3,(H,21,22);/q;+1/p-1. The summed E-state index contributed by atoms with van der Waals surface area (Å²) in [4.78, 5) is 10.5. The van der Waals surface area contributed by atoms with Gasteiger partial charge in [-0.25, -0.2) is 0 Å². The number of rotatable bonds is 9. The van der Waals surface area contributed by atoms with Crippen LogP contribution in [-0.4, -0.2) is 12.6 Å². The van der Waals surface area contributed by atoms with Gasteiger partial charge in [-0.2, -0.15) is 0 Å². The van der Waals surface area contributed by atoms with Gasteiger partial charge in [-0.1, -0.05) is 53.7 Å². The van der Waals surface area contributed by atoms with Crippen LogP contribution in [0.1, 0.15) is 78.4 Å². The van der Waals surface area contributed by atoms with Gasteiger partial charge in [0.05, 0.1) is 6.61 Å². The second-order valence-electron chi connectivity index (χ2n) is 7.51. The fourth-order valence-electron chi connectivity index (χ4n) is 2.40. The minimum atomic E-state index is -1.03. The minimum absolute atomic E-state index is 0. The van der Waals surface area contributed by atoms with Crippen molar-refractivity contribution in [3.05, 3.63) is 29.3 Å². The van der Waals surface area contributed by atoms with Gasteiger partial charge >= 0.3 is 29.6 Å². The van der Waals surface area contributed by atoms with Crippen molar-refractivity contribution >= 4 is 5.97 Å². The third kappa shape index (κ3) is 6.42. The molecule has 0 fully saturated rings. The summed E-state index contributed by atoms with van der Waals surface area (Å²) in [7, 11) is 0. The maximum absolute atomic E-state index is 10.5. The quantitative estimate of drug-likeness (QED) is 0.496. The molecule has 1 rings (SSSR count). The molecule has 0 bridgehead atoms. The van der Waals surface area contributed by atoms with Gasteiger partial charge in [0.2, 0.25) is 0 Å².